The van der Waals surface area contributed by atoms with Crippen LogP contribution in [0.4, 0.5) is 5.69 Å². The number of hydrogen-bond acceptors (Lipinski definition) is 4. The molecule has 110 valence electrons. The van der Waals surface area contributed by atoms with Gasteiger partial charge in [0.2, 0.25) is 0 Å². The number of carbonyl (C=O) groups is 1. The van der Waals surface area contributed by atoms with Crippen LogP contribution < -0.4 is 10.3 Å². The molecule has 0 saturated carbocycles. The molecule has 3 aromatic rings. The molecule has 4 rings (SSSR count). The van der Waals surface area contributed by atoms with Crippen LogP contribution in [-0.2, 0) is 7.05 Å². The molecular formula is C14H11ClN6O. The SMILES string of the molecule is Cn1cnc(-c2[nH]c3cc(NCl)cc4c3c2C=NNC4=O)c1. The first-order valence-corrected chi connectivity index (χ1v) is 6.93. The second-order valence-corrected chi connectivity index (χ2v) is 5.27. The van der Waals surface area contributed by atoms with Crippen LogP contribution in [0.15, 0.2) is 29.8 Å². The Balaban J connectivity index is 2.09. The molecule has 8 heteroatoms. The number of carbonyl (C=O) groups excluding carboxylic acids is 1. The molecule has 0 atom stereocenters. The molecule has 7 nitrogen and oxygen atoms in total. The second kappa shape index (κ2) is 4.60. The number of aryl methyl sites for hydroxylation is 1. The van der Waals surface area contributed by atoms with Crippen LogP contribution in [0.2, 0.25) is 0 Å². The molecule has 22 heavy (non-hydrogen) atoms. The number of halogens is 1. The molecule has 0 spiro atoms. The number of rotatable bonds is 2. The van der Waals surface area contributed by atoms with E-state index in [1.165, 1.54) is 0 Å². The lowest BCUT2D eigenvalue weighted by Crippen LogP contribution is -2.16. The molecule has 0 aliphatic carbocycles. The van der Waals surface area contributed by atoms with Gasteiger partial charge in [0.05, 0.1) is 29.5 Å². The number of hydrogen-bond donors (Lipinski definition) is 3. The van der Waals surface area contributed by atoms with Crippen molar-refractivity contribution in [2.24, 2.45) is 12.1 Å². The smallest absolute Gasteiger partial charge is 0.272 e. The summed E-state index contributed by atoms with van der Waals surface area (Å²) >= 11 is 5.69. The summed E-state index contributed by atoms with van der Waals surface area (Å²) in [6.07, 6.45) is 5.25. The molecule has 2 aromatic heterocycles. The van der Waals surface area contributed by atoms with Crippen LogP contribution in [0.25, 0.3) is 22.3 Å². The van der Waals surface area contributed by atoms with Gasteiger partial charge in [-0.1, -0.05) is 0 Å². The van der Waals surface area contributed by atoms with Crippen molar-refractivity contribution in [3.63, 3.8) is 0 Å². The zero-order valence-corrected chi connectivity index (χ0v) is 12.3. The number of benzene rings is 1. The van der Waals surface area contributed by atoms with Gasteiger partial charge in [-0.15, -0.1) is 0 Å². The molecule has 0 unspecified atom stereocenters. The van der Waals surface area contributed by atoms with Gasteiger partial charge in [0.15, 0.2) is 0 Å². The fourth-order valence-corrected chi connectivity index (χ4v) is 2.79. The molecule has 0 radical (unpaired) electrons. The molecular weight excluding hydrogens is 304 g/mol. The number of nitrogens with one attached hydrogen (secondary N) is 3. The van der Waals surface area contributed by atoms with E-state index in [-0.39, 0.29) is 5.91 Å². The average molecular weight is 315 g/mol. The minimum atomic E-state index is -0.277. The molecule has 0 fully saturated rings. The van der Waals surface area contributed by atoms with Gasteiger partial charge in [-0.25, -0.2) is 10.4 Å². The minimum absolute atomic E-state index is 0.277. The summed E-state index contributed by atoms with van der Waals surface area (Å²) in [6.45, 7) is 0. The summed E-state index contributed by atoms with van der Waals surface area (Å²) in [5.41, 5.74) is 6.83. The maximum atomic E-state index is 12.2. The Hall–Kier alpha value is -2.80. The normalized spacial score (nSPS) is 13.3. The van der Waals surface area contributed by atoms with Crippen LogP contribution in [0.1, 0.15) is 15.9 Å². The summed E-state index contributed by atoms with van der Waals surface area (Å²) in [5.74, 6) is -0.277. The summed E-state index contributed by atoms with van der Waals surface area (Å²) in [6, 6.07) is 3.53. The summed E-state index contributed by atoms with van der Waals surface area (Å²) < 4.78 is 1.86. The Bertz CT molecular complexity index is 938. The molecule has 3 N–H and O–H groups in total. The van der Waals surface area contributed by atoms with Crippen LogP contribution in [0.5, 0.6) is 0 Å². The van der Waals surface area contributed by atoms with Crippen molar-refractivity contribution in [1.82, 2.24) is 20.0 Å². The second-order valence-electron chi connectivity index (χ2n) is 5.08. The van der Waals surface area contributed by atoms with E-state index in [0.29, 0.717) is 11.3 Å². The zero-order chi connectivity index (χ0) is 15.3. The number of hydrazone groups is 1. The summed E-state index contributed by atoms with van der Waals surface area (Å²) in [4.78, 5) is 22.4. The number of aromatic amines is 1. The van der Waals surface area contributed by atoms with Gasteiger partial charge >= 0.3 is 0 Å². The predicted molar refractivity (Wildman–Crippen MR) is 85.0 cm³/mol. The maximum Gasteiger partial charge on any atom is 0.272 e. The topological polar surface area (TPSA) is 87.1 Å². The minimum Gasteiger partial charge on any atom is -0.353 e. The molecule has 0 bridgehead atoms. The van der Waals surface area contributed by atoms with Crippen LogP contribution in [0, 0.1) is 0 Å². The Morgan fingerprint density at radius 3 is 2.95 bits per heavy atom. The van der Waals surface area contributed by atoms with Crippen LogP contribution in [0.3, 0.4) is 0 Å². The van der Waals surface area contributed by atoms with Gasteiger partial charge in [0.1, 0.15) is 5.69 Å². The highest BCUT2D eigenvalue weighted by Gasteiger charge is 2.22. The van der Waals surface area contributed by atoms with Crippen molar-refractivity contribution in [3.8, 4) is 11.4 Å². The van der Waals surface area contributed by atoms with E-state index in [0.717, 1.165) is 27.9 Å². The van der Waals surface area contributed by atoms with E-state index in [2.05, 4.69) is 25.3 Å². The predicted octanol–water partition coefficient (Wildman–Crippen LogP) is 2.21. The monoisotopic (exact) mass is 314 g/mol. The summed E-state index contributed by atoms with van der Waals surface area (Å²) in [7, 11) is 1.90. The molecule has 1 aromatic carbocycles. The van der Waals surface area contributed by atoms with Crippen LogP contribution >= 0.6 is 11.8 Å². The Morgan fingerprint density at radius 2 is 2.23 bits per heavy atom. The molecule has 1 aliphatic rings. The first kappa shape index (κ1) is 12.9. The lowest BCUT2D eigenvalue weighted by Gasteiger charge is -2.04. The first-order valence-electron chi connectivity index (χ1n) is 6.55. The third-order valence-corrected chi connectivity index (χ3v) is 3.83. The van der Waals surface area contributed by atoms with Crippen molar-refractivity contribution in [1.29, 1.82) is 0 Å². The summed E-state index contributed by atoms with van der Waals surface area (Å²) in [5, 5.41) is 4.78. The van der Waals surface area contributed by atoms with E-state index >= 15 is 0 Å². The van der Waals surface area contributed by atoms with Gasteiger partial charge in [-0.05, 0) is 12.1 Å². The van der Waals surface area contributed by atoms with Gasteiger partial charge in [0, 0.05) is 41.5 Å². The number of nitrogens with zero attached hydrogens (tertiary/aromatic N) is 3. The maximum absolute atomic E-state index is 12.2. The van der Waals surface area contributed by atoms with Crippen molar-refractivity contribution in [2.45, 2.75) is 0 Å². The highest BCUT2D eigenvalue weighted by atomic mass is 35.5. The van der Waals surface area contributed by atoms with Crippen molar-refractivity contribution in [3.05, 3.63) is 35.8 Å². The Labute approximate surface area is 130 Å². The fourth-order valence-electron chi connectivity index (χ4n) is 2.68. The molecule has 0 saturated heterocycles. The van der Waals surface area contributed by atoms with Crippen LogP contribution in [-0.4, -0.2) is 26.7 Å². The molecule has 1 aliphatic heterocycles. The largest absolute Gasteiger partial charge is 0.353 e. The number of H-pyrrole nitrogens is 1. The molecule has 1 amide bonds. The van der Waals surface area contributed by atoms with E-state index in [4.69, 9.17) is 11.8 Å². The molecule has 3 heterocycles. The number of anilines is 1. The zero-order valence-electron chi connectivity index (χ0n) is 11.5. The number of amides is 1. The van der Waals surface area contributed by atoms with Gasteiger partial charge in [-0.2, -0.15) is 5.10 Å². The number of aromatic nitrogens is 3. The Morgan fingerprint density at radius 1 is 1.36 bits per heavy atom. The standard InChI is InChI=1S/C14H11ClN6O/c1-21-5-11(16-6-21)13-9-4-17-20-14(22)8-2-7(19-15)3-10(18-13)12(8)9/h2-6,18-19H,1H3,(H,20,22). The van der Waals surface area contributed by atoms with Crippen molar-refractivity contribution in [2.75, 3.05) is 4.84 Å². The average Bonchev–Trinajstić information content (AvgIpc) is 3.05. The quantitative estimate of drug-likeness (QED) is 0.634. The third-order valence-electron chi connectivity index (χ3n) is 3.61. The van der Waals surface area contributed by atoms with Crippen molar-refractivity contribution >= 4 is 40.5 Å². The number of imidazole rings is 1. The van der Waals surface area contributed by atoms with E-state index < -0.39 is 0 Å². The first-order chi connectivity index (χ1) is 10.7. The fraction of sp³-hybridized carbons (Fsp3) is 0.0714. The van der Waals surface area contributed by atoms with Crippen molar-refractivity contribution < 1.29 is 4.79 Å². The highest BCUT2D eigenvalue weighted by molar-refractivity contribution is 6.25. The lowest BCUT2D eigenvalue weighted by molar-refractivity contribution is 0.0957. The van der Waals surface area contributed by atoms with E-state index in [1.54, 1.807) is 18.6 Å². The van der Waals surface area contributed by atoms with Gasteiger partial charge in [-0.3, -0.25) is 9.63 Å². The van der Waals surface area contributed by atoms with E-state index in [1.807, 2.05) is 23.9 Å². The Kier molecular flexibility index (Phi) is 2.70. The van der Waals surface area contributed by atoms with E-state index in [9.17, 15) is 4.79 Å². The van der Waals surface area contributed by atoms with Gasteiger partial charge < -0.3 is 9.55 Å². The van der Waals surface area contributed by atoms with Gasteiger partial charge in [0.25, 0.3) is 5.91 Å². The third kappa shape index (κ3) is 1.79. The highest BCUT2D eigenvalue weighted by Crippen LogP contribution is 2.33. The lowest BCUT2D eigenvalue weighted by atomic mass is 10.0.